The van der Waals surface area contributed by atoms with Crippen molar-refractivity contribution in [3.63, 3.8) is 0 Å². The van der Waals surface area contributed by atoms with Crippen molar-refractivity contribution < 1.29 is 0 Å². The van der Waals surface area contributed by atoms with Crippen LogP contribution in [0.25, 0.3) is 0 Å². The summed E-state index contributed by atoms with van der Waals surface area (Å²) < 4.78 is 0. The molecular formula is C9H13N3. The molecule has 12 heavy (non-hydrogen) atoms. The van der Waals surface area contributed by atoms with Crippen LogP contribution >= 0.6 is 0 Å². The number of nitrogens with zero attached hydrogens (tertiary/aromatic N) is 2. The van der Waals surface area contributed by atoms with E-state index in [9.17, 15) is 0 Å². The Morgan fingerprint density at radius 3 is 3.17 bits per heavy atom. The first-order valence-electron chi connectivity index (χ1n) is 3.96. The number of rotatable bonds is 4. The van der Waals surface area contributed by atoms with Crippen molar-refractivity contribution in [3.05, 3.63) is 31.2 Å². The first-order valence-corrected chi connectivity index (χ1v) is 3.96. The molecule has 1 heterocycles. The SMILES string of the molecule is C=CCC(C)Nc1ccncn1. The molecule has 0 amide bonds. The van der Waals surface area contributed by atoms with E-state index in [4.69, 9.17) is 0 Å². The number of nitrogens with one attached hydrogen (secondary N) is 1. The van der Waals surface area contributed by atoms with E-state index >= 15 is 0 Å². The van der Waals surface area contributed by atoms with Crippen LogP contribution in [0.5, 0.6) is 0 Å². The van der Waals surface area contributed by atoms with Crippen molar-refractivity contribution in [2.45, 2.75) is 19.4 Å². The predicted molar refractivity (Wildman–Crippen MR) is 49.9 cm³/mol. The van der Waals surface area contributed by atoms with Crippen LogP contribution in [-0.2, 0) is 0 Å². The molecule has 3 heteroatoms. The minimum Gasteiger partial charge on any atom is -0.367 e. The molecule has 0 radical (unpaired) electrons. The van der Waals surface area contributed by atoms with Crippen molar-refractivity contribution in [1.82, 2.24) is 9.97 Å². The molecule has 1 N–H and O–H groups in total. The lowest BCUT2D eigenvalue weighted by molar-refractivity contribution is 0.806. The molecular weight excluding hydrogens is 150 g/mol. The van der Waals surface area contributed by atoms with Gasteiger partial charge in [0, 0.05) is 12.2 Å². The Kier molecular flexibility index (Phi) is 3.26. The normalized spacial score (nSPS) is 12.1. The molecule has 0 aliphatic carbocycles. The zero-order valence-electron chi connectivity index (χ0n) is 7.20. The van der Waals surface area contributed by atoms with E-state index in [1.165, 1.54) is 6.33 Å². The van der Waals surface area contributed by atoms with Crippen LogP contribution in [-0.4, -0.2) is 16.0 Å². The van der Waals surface area contributed by atoms with Crippen LogP contribution < -0.4 is 5.32 Å². The summed E-state index contributed by atoms with van der Waals surface area (Å²) >= 11 is 0. The van der Waals surface area contributed by atoms with Gasteiger partial charge in [0.15, 0.2) is 0 Å². The van der Waals surface area contributed by atoms with E-state index in [0.29, 0.717) is 6.04 Å². The van der Waals surface area contributed by atoms with Crippen LogP contribution in [0.2, 0.25) is 0 Å². The lowest BCUT2D eigenvalue weighted by atomic mass is 10.2. The van der Waals surface area contributed by atoms with Gasteiger partial charge >= 0.3 is 0 Å². The van der Waals surface area contributed by atoms with Crippen LogP contribution in [0.4, 0.5) is 5.82 Å². The monoisotopic (exact) mass is 163 g/mol. The number of hydrogen-bond donors (Lipinski definition) is 1. The van der Waals surface area contributed by atoms with Gasteiger partial charge in [-0.1, -0.05) is 6.08 Å². The smallest absolute Gasteiger partial charge is 0.129 e. The average molecular weight is 163 g/mol. The van der Waals surface area contributed by atoms with Crippen LogP contribution in [0.15, 0.2) is 31.2 Å². The molecule has 0 bridgehead atoms. The highest BCUT2D eigenvalue weighted by Gasteiger charge is 1.98. The summed E-state index contributed by atoms with van der Waals surface area (Å²) in [5, 5.41) is 3.22. The van der Waals surface area contributed by atoms with Gasteiger partial charge in [-0.2, -0.15) is 0 Å². The summed E-state index contributed by atoms with van der Waals surface area (Å²) in [6, 6.07) is 2.22. The molecule has 0 aliphatic rings. The number of anilines is 1. The third-order valence-corrected chi connectivity index (χ3v) is 1.50. The average Bonchev–Trinajstić information content (AvgIpc) is 2.06. The maximum absolute atomic E-state index is 4.04. The molecule has 1 aromatic heterocycles. The summed E-state index contributed by atoms with van der Waals surface area (Å²) in [6.07, 6.45) is 6.07. The molecule has 1 aromatic rings. The molecule has 0 saturated heterocycles. The van der Waals surface area contributed by atoms with Gasteiger partial charge in [-0.05, 0) is 19.4 Å². The van der Waals surface area contributed by atoms with Crippen molar-refractivity contribution in [2.24, 2.45) is 0 Å². The third-order valence-electron chi connectivity index (χ3n) is 1.50. The molecule has 64 valence electrons. The van der Waals surface area contributed by atoms with Gasteiger partial charge in [0.05, 0.1) is 0 Å². The maximum Gasteiger partial charge on any atom is 0.129 e. The fraction of sp³-hybridized carbons (Fsp3) is 0.333. The van der Waals surface area contributed by atoms with Crippen LogP contribution in [0.1, 0.15) is 13.3 Å². The van der Waals surface area contributed by atoms with E-state index in [1.807, 2.05) is 12.1 Å². The molecule has 3 nitrogen and oxygen atoms in total. The van der Waals surface area contributed by atoms with E-state index in [1.54, 1.807) is 6.20 Å². The van der Waals surface area contributed by atoms with Gasteiger partial charge in [0.1, 0.15) is 12.1 Å². The summed E-state index contributed by atoms with van der Waals surface area (Å²) in [6.45, 7) is 5.76. The van der Waals surface area contributed by atoms with E-state index in [2.05, 4.69) is 28.8 Å². The summed E-state index contributed by atoms with van der Waals surface area (Å²) in [5.74, 6) is 0.861. The van der Waals surface area contributed by atoms with Crippen molar-refractivity contribution in [2.75, 3.05) is 5.32 Å². The summed E-state index contributed by atoms with van der Waals surface area (Å²) in [5.41, 5.74) is 0. The first-order chi connectivity index (χ1) is 5.83. The van der Waals surface area contributed by atoms with Gasteiger partial charge in [0.2, 0.25) is 0 Å². The second kappa shape index (κ2) is 4.49. The van der Waals surface area contributed by atoms with Gasteiger partial charge in [0.25, 0.3) is 0 Å². The highest BCUT2D eigenvalue weighted by Crippen LogP contribution is 2.03. The van der Waals surface area contributed by atoms with Crippen molar-refractivity contribution in [3.8, 4) is 0 Å². The van der Waals surface area contributed by atoms with Gasteiger partial charge < -0.3 is 5.32 Å². The molecule has 0 saturated carbocycles. The fourth-order valence-corrected chi connectivity index (χ4v) is 0.937. The molecule has 1 rings (SSSR count). The standard InChI is InChI=1S/C9H13N3/c1-3-4-8(2)12-9-5-6-10-7-11-9/h3,5-8H,1,4H2,2H3,(H,10,11,12). The summed E-state index contributed by atoms with van der Waals surface area (Å²) in [4.78, 5) is 7.87. The minimum atomic E-state index is 0.373. The molecule has 0 spiro atoms. The van der Waals surface area contributed by atoms with Gasteiger partial charge in [-0.3, -0.25) is 0 Å². The highest BCUT2D eigenvalue weighted by atomic mass is 15.0. The van der Waals surface area contributed by atoms with E-state index < -0.39 is 0 Å². The Balaban J connectivity index is 2.46. The van der Waals surface area contributed by atoms with E-state index in [-0.39, 0.29) is 0 Å². The number of aromatic nitrogens is 2. The lowest BCUT2D eigenvalue weighted by Crippen LogP contribution is -2.14. The van der Waals surface area contributed by atoms with Crippen LogP contribution in [0.3, 0.4) is 0 Å². The minimum absolute atomic E-state index is 0.373. The topological polar surface area (TPSA) is 37.8 Å². The zero-order chi connectivity index (χ0) is 8.81. The highest BCUT2D eigenvalue weighted by molar-refractivity contribution is 5.32. The number of hydrogen-bond acceptors (Lipinski definition) is 3. The van der Waals surface area contributed by atoms with Crippen molar-refractivity contribution in [1.29, 1.82) is 0 Å². The maximum atomic E-state index is 4.04. The molecule has 0 fully saturated rings. The Labute approximate surface area is 72.6 Å². The quantitative estimate of drug-likeness (QED) is 0.688. The molecule has 0 aromatic carbocycles. The zero-order valence-corrected chi connectivity index (χ0v) is 7.20. The molecule has 1 unspecified atom stereocenters. The molecule has 1 atom stereocenters. The largest absolute Gasteiger partial charge is 0.367 e. The molecule has 0 aliphatic heterocycles. The van der Waals surface area contributed by atoms with Gasteiger partial charge in [-0.15, -0.1) is 6.58 Å². The fourth-order valence-electron chi connectivity index (χ4n) is 0.937. The first kappa shape index (κ1) is 8.71. The second-order valence-electron chi connectivity index (χ2n) is 2.66. The van der Waals surface area contributed by atoms with E-state index in [0.717, 1.165) is 12.2 Å². The Hall–Kier alpha value is -1.38. The van der Waals surface area contributed by atoms with Crippen molar-refractivity contribution >= 4 is 5.82 Å². The summed E-state index contributed by atoms with van der Waals surface area (Å²) in [7, 11) is 0. The Morgan fingerprint density at radius 1 is 1.75 bits per heavy atom. The van der Waals surface area contributed by atoms with Crippen LogP contribution in [0, 0.1) is 0 Å². The second-order valence-corrected chi connectivity index (χ2v) is 2.66. The van der Waals surface area contributed by atoms with Gasteiger partial charge in [-0.25, -0.2) is 9.97 Å². The third kappa shape index (κ3) is 2.70. The Bertz CT molecular complexity index is 233. The predicted octanol–water partition coefficient (Wildman–Crippen LogP) is 1.85. The lowest BCUT2D eigenvalue weighted by Gasteiger charge is -2.10. The Morgan fingerprint density at radius 2 is 2.58 bits per heavy atom.